The Morgan fingerprint density at radius 3 is 2.36 bits per heavy atom. The minimum atomic E-state index is 0.825. The average Bonchev–Trinajstić information content (AvgIpc) is 3.31. The molecular formula is C21H29N7. The summed E-state index contributed by atoms with van der Waals surface area (Å²) in [6.07, 6.45) is 5.59. The third-order valence-corrected chi connectivity index (χ3v) is 4.96. The van der Waals surface area contributed by atoms with E-state index in [4.69, 9.17) is 0 Å². The third kappa shape index (κ3) is 4.79. The Morgan fingerprint density at radius 1 is 1.07 bits per heavy atom. The molecule has 2 N–H and O–H groups in total. The van der Waals surface area contributed by atoms with Crippen molar-refractivity contribution < 1.29 is 0 Å². The van der Waals surface area contributed by atoms with Gasteiger partial charge < -0.3 is 10.6 Å². The van der Waals surface area contributed by atoms with Crippen molar-refractivity contribution in [1.29, 1.82) is 0 Å². The third-order valence-electron chi connectivity index (χ3n) is 4.96. The van der Waals surface area contributed by atoms with Crippen LogP contribution in [0.2, 0.25) is 0 Å². The highest BCUT2D eigenvalue weighted by molar-refractivity contribution is 5.79. The van der Waals surface area contributed by atoms with Gasteiger partial charge in [0, 0.05) is 45.3 Å². The highest BCUT2D eigenvalue weighted by atomic mass is 15.3. The summed E-state index contributed by atoms with van der Waals surface area (Å²) in [5.74, 6) is 0.826. The van der Waals surface area contributed by atoms with Gasteiger partial charge in [0.2, 0.25) is 0 Å². The number of benzene rings is 1. The monoisotopic (exact) mass is 379 g/mol. The van der Waals surface area contributed by atoms with Gasteiger partial charge in [0.25, 0.3) is 0 Å². The van der Waals surface area contributed by atoms with Crippen molar-refractivity contribution >= 4 is 5.96 Å². The van der Waals surface area contributed by atoms with E-state index in [-0.39, 0.29) is 0 Å². The summed E-state index contributed by atoms with van der Waals surface area (Å²) in [5, 5.41) is 15.5. The van der Waals surface area contributed by atoms with Crippen molar-refractivity contribution in [1.82, 2.24) is 30.2 Å². The van der Waals surface area contributed by atoms with Crippen molar-refractivity contribution in [2.24, 2.45) is 12.0 Å². The summed E-state index contributed by atoms with van der Waals surface area (Å²) in [6.45, 7) is 5.82. The van der Waals surface area contributed by atoms with Crippen molar-refractivity contribution in [2.45, 2.75) is 26.7 Å². The van der Waals surface area contributed by atoms with Gasteiger partial charge in [0.15, 0.2) is 5.96 Å². The van der Waals surface area contributed by atoms with Crippen molar-refractivity contribution in [3.8, 4) is 5.69 Å². The number of hydrogen-bond donors (Lipinski definition) is 2. The number of nitrogens with one attached hydrogen (secondary N) is 2. The minimum Gasteiger partial charge on any atom is -0.356 e. The normalized spacial score (nSPS) is 11.6. The van der Waals surface area contributed by atoms with Gasteiger partial charge in [-0.1, -0.05) is 12.1 Å². The molecule has 0 bridgehead atoms. The highest BCUT2D eigenvalue weighted by Gasteiger charge is 2.09. The zero-order valence-corrected chi connectivity index (χ0v) is 17.1. The molecule has 148 valence electrons. The van der Waals surface area contributed by atoms with E-state index >= 15 is 0 Å². The molecule has 0 aliphatic carbocycles. The predicted octanol–water partition coefficient (Wildman–Crippen LogP) is 2.17. The van der Waals surface area contributed by atoms with Crippen LogP contribution >= 0.6 is 0 Å². The molecule has 7 heteroatoms. The number of aryl methyl sites for hydroxylation is 2. The second-order valence-corrected chi connectivity index (χ2v) is 6.82. The van der Waals surface area contributed by atoms with E-state index in [0.717, 1.165) is 43.3 Å². The molecule has 0 spiro atoms. The molecule has 0 fully saturated rings. The van der Waals surface area contributed by atoms with E-state index in [1.165, 1.54) is 16.8 Å². The molecule has 2 aromatic heterocycles. The van der Waals surface area contributed by atoms with Gasteiger partial charge in [-0.05, 0) is 56.0 Å². The summed E-state index contributed by atoms with van der Waals surface area (Å²) in [7, 11) is 3.79. The fourth-order valence-electron chi connectivity index (χ4n) is 3.27. The largest absolute Gasteiger partial charge is 0.356 e. The summed E-state index contributed by atoms with van der Waals surface area (Å²) in [5.41, 5.74) is 5.98. The highest BCUT2D eigenvalue weighted by Crippen LogP contribution is 2.12. The molecule has 7 nitrogen and oxygen atoms in total. The zero-order chi connectivity index (χ0) is 19.9. The first-order chi connectivity index (χ1) is 13.6. The van der Waals surface area contributed by atoms with Crippen LogP contribution < -0.4 is 10.6 Å². The van der Waals surface area contributed by atoms with Crippen LogP contribution in [-0.4, -0.2) is 45.7 Å². The Kier molecular flexibility index (Phi) is 6.47. The lowest BCUT2D eigenvalue weighted by molar-refractivity contribution is 0.728. The predicted molar refractivity (Wildman–Crippen MR) is 113 cm³/mol. The van der Waals surface area contributed by atoms with Crippen LogP contribution in [0, 0.1) is 13.8 Å². The van der Waals surface area contributed by atoms with Crippen molar-refractivity contribution in [3.05, 3.63) is 65.2 Å². The lowest BCUT2D eigenvalue weighted by Crippen LogP contribution is -2.39. The molecule has 2 heterocycles. The van der Waals surface area contributed by atoms with Gasteiger partial charge in [0.05, 0.1) is 11.4 Å². The first-order valence-corrected chi connectivity index (χ1v) is 9.61. The van der Waals surface area contributed by atoms with Gasteiger partial charge in [-0.15, -0.1) is 0 Å². The number of rotatable bonds is 7. The summed E-state index contributed by atoms with van der Waals surface area (Å²) >= 11 is 0. The first-order valence-electron chi connectivity index (χ1n) is 9.61. The van der Waals surface area contributed by atoms with E-state index in [9.17, 15) is 0 Å². The molecule has 3 aromatic rings. The molecule has 0 saturated heterocycles. The second kappa shape index (κ2) is 9.21. The molecule has 0 aliphatic rings. The van der Waals surface area contributed by atoms with E-state index in [2.05, 4.69) is 63.9 Å². The molecule has 3 rings (SSSR count). The average molecular weight is 380 g/mol. The zero-order valence-electron chi connectivity index (χ0n) is 17.1. The van der Waals surface area contributed by atoms with Gasteiger partial charge in [-0.3, -0.25) is 9.67 Å². The first kappa shape index (κ1) is 19.7. The molecule has 1 aromatic carbocycles. The number of guanidine groups is 1. The van der Waals surface area contributed by atoms with Gasteiger partial charge >= 0.3 is 0 Å². The van der Waals surface area contributed by atoms with Crippen LogP contribution in [0.15, 0.2) is 47.7 Å². The lowest BCUT2D eigenvalue weighted by atomic mass is 10.1. The maximum atomic E-state index is 4.47. The summed E-state index contributed by atoms with van der Waals surface area (Å²) in [4.78, 5) is 4.31. The minimum absolute atomic E-state index is 0.825. The Bertz CT molecular complexity index is 905. The number of aromatic nitrogens is 4. The van der Waals surface area contributed by atoms with E-state index in [1.54, 1.807) is 13.2 Å². The van der Waals surface area contributed by atoms with Crippen LogP contribution in [0.4, 0.5) is 0 Å². The second-order valence-electron chi connectivity index (χ2n) is 6.82. The van der Waals surface area contributed by atoms with Gasteiger partial charge in [-0.2, -0.15) is 10.2 Å². The molecular weight excluding hydrogens is 350 g/mol. The smallest absolute Gasteiger partial charge is 0.190 e. The maximum Gasteiger partial charge on any atom is 0.190 e. The topological polar surface area (TPSA) is 72.1 Å². The lowest BCUT2D eigenvalue weighted by Gasteiger charge is -2.12. The number of nitrogens with zero attached hydrogens (tertiary/aromatic N) is 5. The summed E-state index contributed by atoms with van der Waals surface area (Å²) in [6, 6.07) is 10.4. The van der Waals surface area contributed by atoms with Crippen LogP contribution in [0.25, 0.3) is 5.69 Å². The fourth-order valence-corrected chi connectivity index (χ4v) is 3.27. The molecule has 0 unspecified atom stereocenters. The SMILES string of the molecule is CN=C(NCCc1ccc(-n2cccn2)cc1)NCCc1c(C)nn(C)c1C. The Morgan fingerprint density at radius 2 is 1.79 bits per heavy atom. The molecule has 0 aliphatic heterocycles. The van der Waals surface area contributed by atoms with Gasteiger partial charge in [-0.25, -0.2) is 4.68 Å². The molecule has 0 amide bonds. The Labute approximate surface area is 166 Å². The number of aliphatic imine (C=N–C) groups is 1. The van der Waals surface area contributed by atoms with E-state index in [1.807, 2.05) is 28.7 Å². The molecule has 28 heavy (non-hydrogen) atoms. The van der Waals surface area contributed by atoms with Crippen LogP contribution in [0.5, 0.6) is 0 Å². The Balaban J connectivity index is 1.43. The maximum absolute atomic E-state index is 4.47. The van der Waals surface area contributed by atoms with Crippen LogP contribution in [0.1, 0.15) is 22.5 Å². The van der Waals surface area contributed by atoms with Crippen LogP contribution in [0.3, 0.4) is 0 Å². The molecule has 0 saturated carbocycles. The van der Waals surface area contributed by atoms with Crippen molar-refractivity contribution in [3.63, 3.8) is 0 Å². The van der Waals surface area contributed by atoms with Gasteiger partial charge in [0.1, 0.15) is 0 Å². The molecule has 0 radical (unpaired) electrons. The quantitative estimate of drug-likeness (QED) is 0.488. The summed E-state index contributed by atoms with van der Waals surface area (Å²) < 4.78 is 3.80. The molecule has 0 atom stereocenters. The van der Waals surface area contributed by atoms with E-state index in [0.29, 0.717) is 0 Å². The number of hydrogen-bond acceptors (Lipinski definition) is 3. The standard InChI is InChI=1S/C21H29N7/c1-16-20(17(2)27(4)26-16)11-14-24-21(22-3)23-13-10-18-6-8-19(9-7-18)28-15-5-12-25-28/h5-9,12,15H,10-11,13-14H2,1-4H3,(H2,22,23,24). The van der Waals surface area contributed by atoms with E-state index < -0.39 is 0 Å². The Hall–Kier alpha value is -3.09. The van der Waals surface area contributed by atoms with Crippen LogP contribution in [-0.2, 0) is 19.9 Å². The van der Waals surface area contributed by atoms with Crippen molar-refractivity contribution in [2.75, 3.05) is 20.1 Å². The fraction of sp³-hybridized carbons (Fsp3) is 0.381.